The highest BCUT2D eigenvalue weighted by atomic mass is 35.5. The first-order valence-corrected chi connectivity index (χ1v) is 7.80. The average molecular weight is 274 g/mol. The zero-order valence-electron chi connectivity index (χ0n) is 11.1. The van der Waals surface area contributed by atoms with Crippen LogP contribution in [0.4, 0.5) is 0 Å². The van der Waals surface area contributed by atoms with E-state index in [1.54, 1.807) is 11.3 Å². The number of hydrogen-bond donors (Lipinski definition) is 1. The van der Waals surface area contributed by atoms with Crippen molar-refractivity contribution in [3.05, 3.63) is 21.3 Å². The standard InChI is InChI=1S/C14H24ClNS/c1-4-10-16-13(11(2)3)7-5-6-12-8-9-14(15)17-12/h8-9,11,13,16H,4-7,10H2,1-3H3. The fraction of sp³-hybridized carbons (Fsp3) is 0.714. The zero-order valence-corrected chi connectivity index (χ0v) is 12.7. The molecule has 1 unspecified atom stereocenters. The van der Waals surface area contributed by atoms with Gasteiger partial charge in [0.25, 0.3) is 0 Å². The van der Waals surface area contributed by atoms with Crippen LogP contribution in [0, 0.1) is 5.92 Å². The van der Waals surface area contributed by atoms with Crippen LogP contribution >= 0.6 is 22.9 Å². The summed E-state index contributed by atoms with van der Waals surface area (Å²) in [6.45, 7) is 7.95. The summed E-state index contributed by atoms with van der Waals surface area (Å²) in [6.07, 6.45) is 4.88. The second kappa shape index (κ2) is 8.12. The number of aryl methyl sites for hydroxylation is 1. The van der Waals surface area contributed by atoms with Crippen molar-refractivity contribution in [3.63, 3.8) is 0 Å². The lowest BCUT2D eigenvalue weighted by Crippen LogP contribution is -2.34. The molecular weight excluding hydrogens is 250 g/mol. The Kier molecular flexibility index (Phi) is 7.17. The molecule has 1 heterocycles. The van der Waals surface area contributed by atoms with Crippen LogP contribution in [0.5, 0.6) is 0 Å². The van der Waals surface area contributed by atoms with Gasteiger partial charge in [-0.3, -0.25) is 0 Å². The third kappa shape index (κ3) is 5.89. The number of nitrogens with one attached hydrogen (secondary N) is 1. The third-order valence-electron chi connectivity index (χ3n) is 3.03. The normalized spacial score (nSPS) is 13.2. The van der Waals surface area contributed by atoms with Gasteiger partial charge < -0.3 is 5.32 Å². The predicted octanol–water partition coefficient (Wildman–Crippen LogP) is 4.75. The van der Waals surface area contributed by atoms with Gasteiger partial charge in [0.05, 0.1) is 4.34 Å². The molecule has 1 nitrogen and oxygen atoms in total. The molecule has 0 aliphatic heterocycles. The fourth-order valence-electron chi connectivity index (χ4n) is 1.98. The van der Waals surface area contributed by atoms with Crippen LogP contribution in [0.2, 0.25) is 4.34 Å². The molecule has 1 rings (SSSR count). The Morgan fingerprint density at radius 3 is 2.65 bits per heavy atom. The van der Waals surface area contributed by atoms with Crippen LogP contribution in [0.15, 0.2) is 12.1 Å². The summed E-state index contributed by atoms with van der Waals surface area (Å²) in [5.74, 6) is 0.716. The summed E-state index contributed by atoms with van der Waals surface area (Å²) in [5, 5.41) is 3.64. The Balaban J connectivity index is 2.26. The minimum atomic E-state index is 0.658. The van der Waals surface area contributed by atoms with Crippen LogP contribution in [-0.2, 0) is 6.42 Å². The van der Waals surface area contributed by atoms with E-state index in [9.17, 15) is 0 Å². The first kappa shape index (κ1) is 15.0. The second-order valence-corrected chi connectivity index (χ2v) is 6.70. The Bertz CT molecular complexity index is 309. The number of halogens is 1. The maximum absolute atomic E-state index is 5.93. The van der Waals surface area contributed by atoms with E-state index < -0.39 is 0 Å². The molecule has 0 radical (unpaired) electrons. The number of rotatable bonds is 8. The molecule has 0 amide bonds. The van der Waals surface area contributed by atoms with Gasteiger partial charge in [-0.25, -0.2) is 0 Å². The quantitative estimate of drug-likeness (QED) is 0.721. The topological polar surface area (TPSA) is 12.0 Å². The molecule has 0 spiro atoms. The molecule has 3 heteroatoms. The van der Waals surface area contributed by atoms with Gasteiger partial charge in [0.15, 0.2) is 0 Å². The Labute approximate surface area is 115 Å². The SMILES string of the molecule is CCCNC(CCCc1ccc(Cl)s1)C(C)C. The molecule has 0 saturated heterocycles. The fourth-order valence-corrected chi connectivity index (χ4v) is 3.11. The van der Waals surface area contributed by atoms with Gasteiger partial charge in [-0.1, -0.05) is 32.4 Å². The maximum Gasteiger partial charge on any atom is 0.0931 e. The van der Waals surface area contributed by atoms with E-state index in [-0.39, 0.29) is 0 Å². The molecular formula is C14H24ClNS. The van der Waals surface area contributed by atoms with Crippen molar-refractivity contribution >= 4 is 22.9 Å². The summed E-state index contributed by atoms with van der Waals surface area (Å²) in [5.41, 5.74) is 0. The molecule has 0 bridgehead atoms. The Morgan fingerprint density at radius 1 is 1.35 bits per heavy atom. The molecule has 1 aromatic heterocycles. The van der Waals surface area contributed by atoms with E-state index in [0.717, 1.165) is 17.3 Å². The molecule has 0 saturated carbocycles. The van der Waals surface area contributed by atoms with Gasteiger partial charge in [-0.05, 0) is 50.3 Å². The van der Waals surface area contributed by atoms with Crippen LogP contribution in [-0.4, -0.2) is 12.6 Å². The first-order chi connectivity index (χ1) is 8.13. The minimum absolute atomic E-state index is 0.658. The highest BCUT2D eigenvalue weighted by Gasteiger charge is 2.11. The smallest absolute Gasteiger partial charge is 0.0931 e. The van der Waals surface area contributed by atoms with E-state index in [4.69, 9.17) is 11.6 Å². The largest absolute Gasteiger partial charge is 0.314 e. The van der Waals surface area contributed by atoms with Crippen molar-refractivity contribution in [1.29, 1.82) is 0 Å². The molecule has 0 aromatic carbocycles. The van der Waals surface area contributed by atoms with Crippen LogP contribution < -0.4 is 5.32 Å². The summed E-state index contributed by atoms with van der Waals surface area (Å²) in [7, 11) is 0. The molecule has 0 aliphatic carbocycles. The van der Waals surface area contributed by atoms with Crippen LogP contribution in [0.1, 0.15) is 44.9 Å². The van der Waals surface area contributed by atoms with E-state index in [1.807, 2.05) is 6.07 Å². The van der Waals surface area contributed by atoms with E-state index in [1.165, 1.54) is 24.1 Å². The van der Waals surface area contributed by atoms with Crippen molar-refractivity contribution < 1.29 is 0 Å². The predicted molar refractivity (Wildman–Crippen MR) is 79.2 cm³/mol. The molecule has 0 aliphatic rings. The van der Waals surface area contributed by atoms with E-state index in [0.29, 0.717) is 12.0 Å². The monoisotopic (exact) mass is 273 g/mol. The summed E-state index contributed by atoms with van der Waals surface area (Å²) in [4.78, 5) is 1.41. The van der Waals surface area contributed by atoms with Crippen molar-refractivity contribution in [1.82, 2.24) is 5.32 Å². The van der Waals surface area contributed by atoms with Gasteiger partial charge in [-0.2, -0.15) is 0 Å². The molecule has 1 aromatic rings. The van der Waals surface area contributed by atoms with Gasteiger partial charge in [0.2, 0.25) is 0 Å². The van der Waals surface area contributed by atoms with Gasteiger partial charge in [0, 0.05) is 10.9 Å². The third-order valence-corrected chi connectivity index (χ3v) is 4.32. The molecule has 1 atom stereocenters. The second-order valence-electron chi connectivity index (χ2n) is 4.90. The van der Waals surface area contributed by atoms with Gasteiger partial charge in [-0.15, -0.1) is 11.3 Å². The van der Waals surface area contributed by atoms with Crippen LogP contribution in [0.3, 0.4) is 0 Å². The van der Waals surface area contributed by atoms with Crippen molar-refractivity contribution in [3.8, 4) is 0 Å². The molecule has 98 valence electrons. The summed E-state index contributed by atoms with van der Waals surface area (Å²) in [6, 6.07) is 4.80. The minimum Gasteiger partial charge on any atom is -0.314 e. The summed E-state index contributed by atoms with van der Waals surface area (Å²) >= 11 is 7.64. The molecule has 1 N–H and O–H groups in total. The van der Waals surface area contributed by atoms with E-state index in [2.05, 4.69) is 32.2 Å². The average Bonchev–Trinajstić information content (AvgIpc) is 2.68. The Morgan fingerprint density at radius 2 is 2.12 bits per heavy atom. The highest BCUT2D eigenvalue weighted by Crippen LogP contribution is 2.23. The number of hydrogen-bond acceptors (Lipinski definition) is 2. The lowest BCUT2D eigenvalue weighted by molar-refractivity contribution is 0.371. The lowest BCUT2D eigenvalue weighted by Gasteiger charge is -2.22. The summed E-state index contributed by atoms with van der Waals surface area (Å²) < 4.78 is 0.907. The molecule has 0 fully saturated rings. The van der Waals surface area contributed by atoms with Crippen LogP contribution in [0.25, 0.3) is 0 Å². The van der Waals surface area contributed by atoms with Gasteiger partial charge in [0.1, 0.15) is 0 Å². The molecule has 17 heavy (non-hydrogen) atoms. The zero-order chi connectivity index (χ0) is 12.7. The number of thiophene rings is 1. The maximum atomic E-state index is 5.93. The van der Waals surface area contributed by atoms with Crippen molar-refractivity contribution in [2.45, 2.75) is 52.5 Å². The van der Waals surface area contributed by atoms with Crippen molar-refractivity contribution in [2.75, 3.05) is 6.54 Å². The van der Waals surface area contributed by atoms with Crippen molar-refractivity contribution in [2.24, 2.45) is 5.92 Å². The highest BCUT2D eigenvalue weighted by molar-refractivity contribution is 7.16. The van der Waals surface area contributed by atoms with E-state index >= 15 is 0 Å². The lowest BCUT2D eigenvalue weighted by atomic mass is 9.98. The Hall–Kier alpha value is -0.0500. The van der Waals surface area contributed by atoms with Gasteiger partial charge >= 0.3 is 0 Å². The first-order valence-electron chi connectivity index (χ1n) is 6.61.